The van der Waals surface area contributed by atoms with E-state index in [0.29, 0.717) is 33.8 Å². The minimum atomic E-state index is -0.287. The molecular formula is C19H18BrN3O4S. The molecule has 146 valence electrons. The maximum absolute atomic E-state index is 12.7. The van der Waals surface area contributed by atoms with Gasteiger partial charge in [0.05, 0.1) is 43.6 Å². The summed E-state index contributed by atoms with van der Waals surface area (Å²) in [6.07, 6.45) is 3.44. The second-order valence-corrected chi connectivity index (χ2v) is 7.22. The molecule has 0 spiro atoms. The van der Waals surface area contributed by atoms with Gasteiger partial charge in [-0.25, -0.2) is 4.98 Å². The van der Waals surface area contributed by atoms with Gasteiger partial charge in [-0.1, -0.05) is 0 Å². The normalized spacial score (nSPS) is 10.4. The summed E-state index contributed by atoms with van der Waals surface area (Å²) in [7, 11) is 4.51. The highest BCUT2D eigenvalue weighted by Crippen LogP contribution is 2.44. The summed E-state index contributed by atoms with van der Waals surface area (Å²) in [6.45, 7) is 0.295. The van der Waals surface area contributed by atoms with Gasteiger partial charge in [0.25, 0.3) is 5.91 Å². The lowest BCUT2D eigenvalue weighted by molar-refractivity contribution is 0.0948. The van der Waals surface area contributed by atoms with Crippen LogP contribution in [0.15, 0.2) is 40.4 Å². The predicted octanol–water partition coefficient (Wildman–Crippen LogP) is 3.92. The van der Waals surface area contributed by atoms with Gasteiger partial charge < -0.3 is 19.5 Å². The summed E-state index contributed by atoms with van der Waals surface area (Å²) in [5.74, 6) is 0.918. The van der Waals surface area contributed by atoms with E-state index in [4.69, 9.17) is 14.2 Å². The number of nitrogens with one attached hydrogen (secondary N) is 1. The minimum absolute atomic E-state index is 0.287. The summed E-state index contributed by atoms with van der Waals surface area (Å²) >= 11 is 4.93. The van der Waals surface area contributed by atoms with Crippen LogP contribution < -0.4 is 19.5 Å². The van der Waals surface area contributed by atoms with Crippen LogP contribution in [-0.4, -0.2) is 37.2 Å². The highest BCUT2D eigenvalue weighted by atomic mass is 79.9. The van der Waals surface area contributed by atoms with Gasteiger partial charge in [-0.2, -0.15) is 0 Å². The third-order valence-corrected chi connectivity index (χ3v) is 5.65. The number of hydrogen-bond donors (Lipinski definition) is 1. The number of amides is 1. The van der Waals surface area contributed by atoms with Crippen molar-refractivity contribution in [1.29, 1.82) is 0 Å². The number of aromatic nitrogens is 2. The van der Waals surface area contributed by atoms with Crippen LogP contribution in [0.25, 0.3) is 10.6 Å². The fourth-order valence-corrected chi connectivity index (χ4v) is 4.03. The highest BCUT2D eigenvalue weighted by molar-refractivity contribution is 9.10. The van der Waals surface area contributed by atoms with Crippen molar-refractivity contribution >= 4 is 33.2 Å². The van der Waals surface area contributed by atoms with Crippen molar-refractivity contribution in [3.8, 4) is 27.8 Å². The Bertz CT molecular complexity index is 979. The van der Waals surface area contributed by atoms with Gasteiger partial charge in [-0.05, 0) is 34.1 Å². The van der Waals surface area contributed by atoms with Crippen molar-refractivity contribution in [1.82, 2.24) is 15.3 Å². The molecule has 3 aromatic rings. The van der Waals surface area contributed by atoms with Gasteiger partial charge in [0.1, 0.15) is 5.01 Å². The molecule has 0 saturated carbocycles. The number of benzene rings is 1. The average molecular weight is 464 g/mol. The molecule has 1 aromatic carbocycles. The zero-order chi connectivity index (χ0) is 20.1. The number of pyridine rings is 1. The number of methoxy groups -OCH3 is 3. The maximum Gasteiger partial charge on any atom is 0.253 e. The van der Waals surface area contributed by atoms with Gasteiger partial charge in [0, 0.05) is 23.3 Å². The molecule has 0 bridgehead atoms. The molecule has 0 unspecified atom stereocenters. The summed E-state index contributed by atoms with van der Waals surface area (Å²) < 4.78 is 16.5. The van der Waals surface area contributed by atoms with Crippen molar-refractivity contribution in [3.63, 3.8) is 0 Å². The van der Waals surface area contributed by atoms with Gasteiger partial charge in [-0.15, -0.1) is 11.3 Å². The first-order valence-electron chi connectivity index (χ1n) is 8.20. The Balaban J connectivity index is 1.78. The second-order valence-electron chi connectivity index (χ2n) is 5.57. The largest absolute Gasteiger partial charge is 0.493 e. The Morgan fingerprint density at radius 3 is 2.50 bits per heavy atom. The van der Waals surface area contributed by atoms with Crippen LogP contribution in [0.4, 0.5) is 0 Å². The third-order valence-electron chi connectivity index (χ3n) is 3.92. The van der Waals surface area contributed by atoms with E-state index in [9.17, 15) is 4.79 Å². The van der Waals surface area contributed by atoms with E-state index in [1.807, 2.05) is 17.5 Å². The lowest BCUT2D eigenvalue weighted by Gasteiger charge is -2.16. The van der Waals surface area contributed by atoms with Crippen molar-refractivity contribution < 1.29 is 19.0 Å². The van der Waals surface area contributed by atoms with Crippen molar-refractivity contribution in [2.24, 2.45) is 0 Å². The molecule has 3 rings (SSSR count). The Hall–Kier alpha value is -2.65. The first-order chi connectivity index (χ1) is 13.6. The topological polar surface area (TPSA) is 82.6 Å². The Morgan fingerprint density at radius 2 is 1.86 bits per heavy atom. The van der Waals surface area contributed by atoms with Gasteiger partial charge in [0.2, 0.25) is 5.75 Å². The molecule has 0 atom stereocenters. The molecule has 7 nitrogen and oxygen atoms in total. The average Bonchev–Trinajstić information content (AvgIpc) is 3.21. The summed E-state index contributed by atoms with van der Waals surface area (Å²) in [5, 5.41) is 5.66. The monoisotopic (exact) mass is 463 g/mol. The van der Waals surface area contributed by atoms with Gasteiger partial charge in [-0.3, -0.25) is 9.78 Å². The van der Waals surface area contributed by atoms with E-state index in [-0.39, 0.29) is 5.91 Å². The Morgan fingerprint density at radius 1 is 1.14 bits per heavy atom. The number of thiazole rings is 1. The number of ether oxygens (including phenoxy) is 3. The van der Waals surface area contributed by atoms with E-state index in [1.165, 1.54) is 32.7 Å². The number of carbonyl (C=O) groups excluding carboxylic acids is 1. The van der Waals surface area contributed by atoms with Crippen molar-refractivity contribution in [3.05, 3.63) is 51.7 Å². The van der Waals surface area contributed by atoms with Crippen LogP contribution in [0.1, 0.15) is 16.1 Å². The van der Waals surface area contributed by atoms with E-state index in [0.717, 1.165) is 16.3 Å². The summed E-state index contributed by atoms with van der Waals surface area (Å²) in [5.41, 5.74) is 2.14. The minimum Gasteiger partial charge on any atom is -0.493 e. The van der Waals surface area contributed by atoms with Gasteiger partial charge in [0.15, 0.2) is 11.5 Å². The van der Waals surface area contributed by atoms with E-state index < -0.39 is 0 Å². The zero-order valence-electron chi connectivity index (χ0n) is 15.5. The summed E-state index contributed by atoms with van der Waals surface area (Å²) in [4.78, 5) is 21.3. The van der Waals surface area contributed by atoms with Crippen LogP contribution in [0.5, 0.6) is 17.2 Å². The van der Waals surface area contributed by atoms with Crippen LogP contribution in [-0.2, 0) is 6.54 Å². The van der Waals surface area contributed by atoms with Crippen molar-refractivity contribution in [2.45, 2.75) is 6.54 Å². The van der Waals surface area contributed by atoms with Gasteiger partial charge >= 0.3 is 0 Å². The standard InChI is InChI=1S/C19H18BrN3O4S/c1-25-14-8-13(15(20)17(27-3)16(14)26-2)18(24)22-9-12-10-28-19(23-12)11-4-6-21-7-5-11/h4-8,10H,9H2,1-3H3,(H,22,24). The molecule has 28 heavy (non-hydrogen) atoms. The highest BCUT2D eigenvalue weighted by Gasteiger charge is 2.22. The number of carbonyl (C=O) groups is 1. The first-order valence-corrected chi connectivity index (χ1v) is 9.87. The lowest BCUT2D eigenvalue weighted by atomic mass is 10.1. The van der Waals surface area contributed by atoms with Crippen LogP contribution in [0, 0.1) is 0 Å². The number of hydrogen-bond acceptors (Lipinski definition) is 7. The second kappa shape index (κ2) is 9.03. The predicted molar refractivity (Wildman–Crippen MR) is 110 cm³/mol. The smallest absolute Gasteiger partial charge is 0.253 e. The van der Waals surface area contributed by atoms with E-state index in [1.54, 1.807) is 18.5 Å². The fourth-order valence-electron chi connectivity index (χ4n) is 2.57. The Kier molecular flexibility index (Phi) is 6.48. The molecule has 0 aliphatic rings. The SMILES string of the molecule is COc1cc(C(=O)NCc2csc(-c3ccncc3)n2)c(Br)c(OC)c1OC. The molecule has 0 fully saturated rings. The fraction of sp³-hybridized carbons (Fsp3) is 0.211. The quantitative estimate of drug-likeness (QED) is 0.571. The number of halogens is 1. The molecule has 0 radical (unpaired) electrons. The van der Waals surface area contributed by atoms with Crippen LogP contribution in [0.2, 0.25) is 0 Å². The van der Waals surface area contributed by atoms with Crippen LogP contribution in [0.3, 0.4) is 0 Å². The number of nitrogens with zero attached hydrogens (tertiary/aromatic N) is 2. The van der Waals surface area contributed by atoms with E-state index in [2.05, 4.69) is 31.2 Å². The number of rotatable bonds is 7. The molecule has 2 heterocycles. The zero-order valence-corrected chi connectivity index (χ0v) is 17.9. The molecular weight excluding hydrogens is 446 g/mol. The molecule has 1 N–H and O–H groups in total. The van der Waals surface area contributed by atoms with Crippen LogP contribution >= 0.6 is 27.3 Å². The molecule has 2 aromatic heterocycles. The van der Waals surface area contributed by atoms with E-state index >= 15 is 0 Å². The first kappa shape index (κ1) is 20.1. The summed E-state index contributed by atoms with van der Waals surface area (Å²) in [6, 6.07) is 5.40. The molecule has 1 amide bonds. The molecule has 0 aliphatic heterocycles. The maximum atomic E-state index is 12.7. The molecule has 9 heteroatoms. The lowest BCUT2D eigenvalue weighted by Crippen LogP contribution is -2.23. The Labute approximate surface area is 174 Å². The molecule has 0 aliphatic carbocycles. The van der Waals surface area contributed by atoms with Crippen molar-refractivity contribution in [2.75, 3.05) is 21.3 Å². The third kappa shape index (κ3) is 4.10. The molecule has 0 saturated heterocycles.